The molecule has 1 heterocycles. The summed E-state index contributed by atoms with van der Waals surface area (Å²) in [7, 11) is 0. The van der Waals surface area contributed by atoms with Gasteiger partial charge in [-0.15, -0.1) is 0 Å². The minimum absolute atomic E-state index is 0.194. The number of nitro benzene ring substituents is 1. The van der Waals surface area contributed by atoms with Crippen LogP contribution in [0.4, 0.5) is 10.1 Å². The zero-order valence-electron chi connectivity index (χ0n) is 11.2. The van der Waals surface area contributed by atoms with E-state index in [0.717, 1.165) is 18.2 Å². The number of benzene rings is 1. The fourth-order valence-corrected chi connectivity index (χ4v) is 2.21. The highest BCUT2D eigenvalue weighted by Gasteiger charge is 2.39. The van der Waals surface area contributed by atoms with Crippen LogP contribution in [0.1, 0.15) is 17.3 Å². The van der Waals surface area contributed by atoms with Gasteiger partial charge in [0.1, 0.15) is 11.4 Å². The summed E-state index contributed by atoms with van der Waals surface area (Å²) in [6, 6.07) is 2.69. The third kappa shape index (κ3) is 2.83. The van der Waals surface area contributed by atoms with E-state index in [0.29, 0.717) is 0 Å². The van der Waals surface area contributed by atoms with Gasteiger partial charge in [-0.25, -0.2) is 4.39 Å². The standard InChI is InChI=1S/C13H13FN2O5/c1-7(13(18)19)8-5-15(6-8)12(17)10-4-9(14)2-3-11(10)16(20)21/h2-4,7-8H,5-6H2,1H3,(H,18,19). The predicted molar refractivity (Wildman–Crippen MR) is 69.2 cm³/mol. The molecule has 2 rings (SSSR count). The van der Waals surface area contributed by atoms with E-state index < -0.39 is 34.2 Å². The number of hydrogen-bond acceptors (Lipinski definition) is 4. The van der Waals surface area contributed by atoms with Crippen LogP contribution >= 0.6 is 0 Å². The van der Waals surface area contributed by atoms with E-state index in [9.17, 15) is 24.1 Å². The molecule has 1 fully saturated rings. The van der Waals surface area contributed by atoms with Crippen LogP contribution in [0.5, 0.6) is 0 Å². The third-order valence-corrected chi connectivity index (χ3v) is 3.68. The molecule has 0 aromatic heterocycles. The first-order chi connectivity index (χ1) is 9.81. The van der Waals surface area contributed by atoms with Gasteiger partial charge in [-0.2, -0.15) is 0 Å². The van der Waals surface area contributed by atoms with Gasteiger partial charge in [-0.3, -0.25) is 19.7 Å². The molecule has 0 aliphatic carbocycles. The van der Waals surface area contributed by atoms with Crippen LogP contribution in [-0.2, 0) is 4.79 Å². The number of likely N-dealkylation sites (tertiary alicyclic amines) is 1. The Morgan fingerprint density at radius 2 is 2.10 bits per heavy atom. The highest BCUT2D eigenvalue weighted by molar-refractivity contribution is 5.98. The lowest BCUT2D eigenvalue weighted by Gasteiger charge is -2.41. The first kappa shape index (κ1) is 14.9. The van der Waals surface area contributed by atoms with Gasteiger partial charge in [-0.05, 0) is 12.1 Å². The Morgan fingerprint density at radius 3 is 2.62 bits per heavy atom. The Balaban J connectivity index is 2.14. The van der Waals surface area contributed by atoms with Crippen molar-refractivity contribution in [2.45, 2.75) is 6.92 Å². The van der Waals surface area contributed by atoms with Crippen molar-refractivity contribution in [3.8, 4) is 0 Å². The maximum Gasteiger partial charge on any atom is 0.306 e. The second-order valence-electron chi connectivity index (χ2n) is 5.02. The lowest BCUT2D eigenvalue weighted by Crippen LogP contribution is -2.53. The summed E-state index contributed by atoms with van der Waals surface area (Å²) in [4.78, 5) is 34.4. The van der Waals surface area contributed by atoms with Crippen LogP contribution < -0.4 is 0 Å². The van der Waals surface area contributed by atoms with Gasteiger partial charge >= 0.3 is 5.97 Å². The average molecular weight is 296 g/mol. The number of hydrogen-bond donors (Lipinski definition) is 1. The molecule has 8 heteroatoms. The molecule has 1 aliphatic heterocycles. The van der Waals surface area contributed by atoms with Crippen LogP contribution in [0.2, 0.25) is 0 Å². The lowest BCUT2D eigenvalue weighted by molar-refractivity contribution is -0.385. The Hall–Kier alpha value is -2.51. The number of carbonyl (C=O) groups is 2. The summed E-state index contributed by atoms with van der Waals surface area (Å²) in [5.41, 5.74) is -0.780. The van der Waals surface area contributed by atoms with Crippen molar-refractivity contribution in [1.82, 2.24) is 4.90 Å². The minimum Gasteiger partial charge on any atom is -0.481 e. The van der Waals surface area contributed by atoms with Crippen LogP contribution in [0.25, 0.3) is 0 Å². The summed E-state index contributed by atoms with van der Waals surface area (Å²) in [5.74, 6) is -3.14. The van der Waals surface area contributed by atoms with E-state index in [1.807, 2.05) is 0 Å². The zero-order chi connectivity index (χ0) is 15.7. The number of amides is 1. The quantitative estimate of drug-likeness (QED) is 0.670. The highest BCUT2D eigenvalue weighted by atomic mass is 19.1. The zero-order valence-corrected chi connectivity index (χ0v) is 11.2. The molecule has 0 saturated carbocycles. The number of carboxylic acids is 1. The monoisotopic (exact) mass is 296 g/mol. The van der Waals surface area contributed by atoms with Crippen molar-refractivity contribution in [1.29, 1.82) is 0 Å². The van der Waals surface area contributed by atoms with Gasteiger partial charge in [0.05, 0.1) is 10.8 Å². The molecule has 1 aromatic rings. The van der Waals surface area contributed by atoms with Crippen molar-refractivity contribution >= 4 is 17.6 Å². The van der Waals surface area contributed by atoms with E-state index in [2.05, 4.69) is 0 Å². The van der Waals surface area contributed by atoms with Gasteiger partial charge in [0.15, 0.2) is 0 Å². The largest absolute Gasteiger partial charge is 0.481 e. The van der Waals surface area contributed by atoms with Gasteiger partial charge < -0.3 is 10.0 Å². The molecule has 0 bridgehead atoms. The van der Waals surface area contributed by atoms with E-state index in [1.54, 1.807) is 6.92 Å². The predicted octanol–water partition coefficient (Wildman–Crippen LogP) is 1.53. The molecule has 7 nitrogen and oxygen atoms in total. The molecular weight excluding hydrogens is 283 g/mol. The molecule has 1 atom stereocenters. The van der Waals surface area contributed by atoms with Crippen molar-refractivity contribution in [3.63, 3.8) is 0 Å². The molecule has 0 radical (unpaired) electrons. The summed E-state index contributed by atoms with van der Waals surface area (Å²) in [6.45, 7) is 1.93. The molecule has 1 unspecified atom stereocenters. The molecule has 1 aliphatic rings. The molecule has 112 valence electrons. The highest BCUT2D eigenvalue weighted by Crippen LogP contribution is 2.28. The molecular formula is C13H13FN2O5. The smallest absolute Gasteiger partial charge is 0.306 e. The Labute approximate surface area is 119 Å². The van der Waals surface area contributed by atoms with Gasteiger partial charge in [0.2, 0.25) is 0 Å². The number of carbonyl (C=O) groups excluding carboxylic acids is 1. The van der Waals surface area contributed by atoms with Gasteiger partial charge in [0, 0.05) is 25.1 Å². The molecule has 1 N–H and O–H groups in total. The molecule has 21 heavy (non-hydrogen) atoms. The summed E-state index contributed by atoms with van der Waals surface area (Å²) < 4.78 is 13.2. The van der Waals surface area contributed by atoms with Crippen molar-refractivity contribution < 1.29 is 24.0 Å². The summed E-state index contributed by atoms with van der Waals surface area (Å²) in [6.07, 6.45) is 0. The molecule has 1 aromatic carbocycles. The molecule has 1 saturated heterocycles. The summed E-state index contributed by atoms with van der Waals surface area (Å²) >= 11 is 0. The van der Waals surface area contributed by atoms with Gasteiger partial charge in [0.25, 0.3) is 11.6 Å². The fraction of sp³-hybridized carbons (Fsp3) is 0.385. The Morgan fingerprint density at radius 1 is 1.48 bits per heavy atom. The number of aliphatic carboxylic acids is 1. The fourth-order valence-electron chi connectivity index (χ4n) is 2.21. The van der Waals surface area contributed by atoms with E-state index >= 15 is 0 Å². The van der Waals surface area contributed by atoms with Crippen LogP contribution in [-0.4, -0.2) is 39.9 Å². The average Bonchev–Trinajstić information content (AvgIpc) is 2.35. The maximum absolute atomic E-state index is 13.2. The van der Waals surface area contributed by atoms with Crippen LogP contribution in [0.15, 0.2) is 18.2 Å². The first-order valence-electron chi connectivity index (χ1n) is 6.27. The number of carboxylic acid groups (broad SMARTS) is 1. The SMILES string of the molecule is CC(C(=O)O)C1CN(C(=O)c2cc(F)ccc2[N+](=O)[O-])C1. The minimum atomic E-state index is -0.955. The van der Waals surface area contributed by atoms with Crippen molar-refractivity contribution in [2.75, 3.05) is 13.1 Å². The number of rotatable bonds is 4. The lowest BCUT2D eigenvalue weighted by atomic mass is 9.86. The first-order valence-corrected chi connectivity index (χ1v) is 6.27. The second-order valence-corrected chi connectivity index (χ2v) is 5.02. The van der Waals surface area contributed by atoms with Crippen molar-refractivity contribution in [3.05, 3.63) is 39.7 Å². The number of nitrogens with zero attached hydrogens (tertiary/aromatic N) is 2. The Kier molecular flexibility index (Phi) is 3.88. The van der Waals surface area contributed by atoms with Crippen molar-refractivity contribution in [2.24, 2.45) is 11.8 Å². The summed E-state index contributed by atoms with van der Waals surface area (Å²) in [5, 5.41) is 19.7. The van der Waals surface area contributed by atoms with E-state index in [4.69, 9.17) is 5.11 Å². The van der Waals surface area contributed by atoms with E-state index in [1.165, 1.54) is 4.90 Å². The van der Waals surface area contributed by atoms with Crippen LogP contribution in [0, 0.1) is 27.8 Å². The normalized spacial score (nSPS) is 16.2. The van der Waals surface area contributed by atoms with Crippen LogP contribution in [0.3, 0.4) is 0 Å². The second kappa shape index (κ2) is 5.47. The third-order valence-electron chi connectivity index (χ3n) is 3.68. The Bertz CT molecular complexity index is 613. The number of nitro groups is 1. The number of halogens is 1. The topological polar surface area (TPSA) is 101 Å². The van der Waals surface area contributed by atoms with E-state index in [-0.39, 0.29) is 24.6 Å². The van der Waals surface area contributed by atoms with Gasteiger partial charge in [-0.1, -0.05) is 6.92 Å². The molecule has 0 spiro atoms. The molecule has 1 amide bonds. The maximum atomic E-state index is 13.2.